The van der Waals surface area contributed by atoms with Gasteiger partial charge >= 0.3 is 0 Å². The van der Waals surface area contributed by atoms with Crippen molar-refractivity contribution in [1.82, 2.24) is 9.80 Å². The third-order valence-electron chi connectivity index (χ3n) is 6.37. The number of ether oxygens (including phenoxy) is 2. The summed E-state index contributed by atoms with van der Waals surface area (Å²) in [5.74, 6) is 1.94. The Bertz CT molecular complexity index is 911. The lowest BCUT2D eigenvalue weighted by atomic mass is 9.97. The molecule has 30 heavy (non-hydrogen) atoms. The van der Waals surface area contributed by atoms with Crippen LogP contribution in [-0.2, 0) is 13.0 Å². The predicted molar refractivity (Wildman–Crippen MR) is 118 cm³/mol. The summed E-state index contributed by atoms with van der Waals surface area (Å²) in [6.07, 6.45) is 3.48. The summed E-state index contributed by atoms with van der Waals surface area (Å²) in [5.41, 5.74) is 4.51. The molecule has 1 atom stereocenters. The van der Waals surface area contributed by atoms with E-state index < -0.39 is 0 Å². The van der Waals surface area contributed by atoms with E-state index in [4.69, 9.17) is 9.47 Å². The first-order valence-corrected chi connectivity index (χ1v) is 10.9. The molecule has 1 unspecified atom stereocenters. The molecule has 1 amide bonds. The van der Waals surface area contributed by atoms with Crippen LogP contribution in [0.4, 0.5) is 0 Å². The van der Waals surface area contributed by atoms with Gasteiger partial charge in [0, 0.05) is 31.7 Å². The smallest absolute Gasteiger partial charge is 0.254 e. The van der Waals surface area contributed by atoms with Crippen LogP contribution >= 0.6 is 0 Å². The SMILES string of the molecule is COc1cc2c(cc1OC)C(=O)N(CC1CCCN(CCc3cccc(C)c3)C1)C2. The second-order valence-corrected chi connectivity index (χ2v) is 8.60. The largest absolute Gasteiger partial charge is 0.493 e. The number of methoxy groups -OCH3 is 2. The highest BCUT2D eigenvalue weighted by Gasteiger charge is 2.32. The molecule has 4 rings (SSSR count). The molecule has 0 N–H and O–H groups in total. The molecule has 0 bridgehead atoms. The van der Waals surface area contributed by atoms with Gasteiger partial charge in [-0.05, 0) is 61.9 Å². The maximum Gasteiger partial charge on any atom is 0.254 e. The number of fused-ring (bicyclic) bond motifs is 1. The maximum absolute atomic E-state index is 13.0. The summed E-state index contributed by atoms with van der Waals surface area (Å²) in [4.78, 5) is 17.5. The topological polar surface area (TPSA) is 42.0 Å². The number of amides is 1. The van der Waals surface area contributed by atoms with Crippen LogP contribution in [0.2, 0.25) is 0 Å². The molecule has 0 saturated carbocycles. The van der Waals surface area contributed by atoms with E-state index in [1.807, 2.05) is 17.0 Å². The Labute approximate surface area is 179 Å². The second kappa shape index (κ2) is 9.09. The number of piperidine rings is 1. The van der Waals surface area contributed by atoms with Crippen LogP contribution in [0.5, 0.6) is 11.5 Å². The van der Waals surface area contributed by atoms with Gasteiger partial charge in [0.1, 0.15) is 0 Å². The molecule has 2 aliphatic rings. The first-order valence-electron chi connectivity index (χ1n) is 10.9. The van der Waals surface area contributed by atoms with E-state index in [0.29, 0.717) is 24.0 Å². The van der Waals surface area contributed by atoms with E-state index in [0.717, 1.165) is 43.7 Å². The maximum atomic E-state index is 13.0. The minimum absolute atomic E-state index is 0.114. The minimum atomic E-state index is 0.114. The summed E-state index contributed by atoms with van der Waals surface area (Å²) in [6.45, 7) is 6.94. The number of likely N-dealkylation sites (tertiary alicyclic amines) is 1. The Hall–Kier alpha value is -2.53. The number of benzene rings is 2. The molecule has 2 aromatic carbocycles. The van der Waals surface area contributed by atoms with Crippen molar-refractivity contribution in [2.24, 2.45) is 5.92 Å². The minimum Gasteiger partial charge on any atom is -0.493 e. The van der Waals surface area contributed by atoms with Crippen molar-refractivity contribution in [3.63, 3.8) is 0 Å². The fourth-order valence-electron chi connectivity index (χ4n) is 4.82. The number of rotatable bonds is 7. The fraction of sp³-hybridized carbons (Fsp3) is 0.480. The number of carbonyl (C=O) groups is 1. The lowest BCUT2D eigenvalue weighted by Gasteiger charge is -2.34. The van der Waals surface area contributed by atoms with Crippen molar-refractivity contribution >= 4 is 5.91 Å². The molecule has 1 fully saturated rings. The van der Waals surface area contributed by atoms with E-state index >= 15 is 0 Å². The molecule has 0 radical (unpaired) electrons. The summed E-state index contributed by atoms with van der Waals surface area (Å²) >= 11 is 0. The molecular formula is C25H32N2O3. The van der Waals surface area contributed by atoms with Gasteiger partial charge in [0.2, 0.25) is 0 Å². The van der Waals surface area contributed by atoms with Crippen molar-refractivity contribution in [1.29, 1.82) is 0 Å². The van der Waals surface area contributed by atoms with Crippen LogP contribution in [0.15, 0.2) is 36.4 Å². The first-order chi connectivity index (χ1) is 14.6. The Morgan fingerprint density at radius 3 is 2.67 bits per heavy atom. The zero-order valence-corrected chi connectivity index (χ0v) is 18.3. The molecule has 0 aromatic heterocycles. The average molecular weight is 409 g/mol. The third-order valence-corrected chi connectivity index (χ3v) is 6.37. The molecule has 2 aromatic rings. The lowest BCUT2D eigenvalue weighted by Crippen LogP contribution is -2.41. The molecule has 2 aliphatic heterocycles. The lowest BCUT2D eigenvalue weighted by molar-refractivity contribution is 0.0703. The molecule has 5 heteroatoms. The second-order valence-electron chi connectivity index (χ2n) is 8.60. The van der Waals surface area contributed by atoms with E-state index in [1.54, 1.807) is 14.2 Å². The Morgan fingerprint density at radius 1 is 1.10 bits per heavy atom. The predicted octanol–water partition coefficient (Wildman–Crippen LogP) is 3.92. The quantitative estimate of drug-likeness (QED) is 0.696. The summed E-state index contributed by atoms with van der Waals surface area (Å²) in [5, 5.41) is 0. The van der Waals surface area contributed by atoms with Gasteiger partial charge in [-0.1, -0.05) is 29.8 Å². The van der Waals surface area contributed by atoms with Gasteiger partial charge < -0.3 is 19.3 Å². The molecule has 1 saturated heterocycles. The van der Waals surface area contributed by atoms with E-state index in [-0.39, 0.29) is 5.91 Å². The van der Waals surface area contributed by atoms with Gasteiger partial charge in [0.25, 0.3) is 5.91 Å². The number of hydrogen-bond donors (Lipinski definition) is 0. The molecule has 160 valence electrons. The first kappa shape index (κ1) is 20.7. The van der Waals surface area contributed by atoms with Crippen molar-refractivity contribution < 1.29 is 14.3 Å². The number of hydrogen-bond acceptors (Lipinski definition) is 4. The molecule has 2 heterocycles. The molecule has 5 nitrogen and oxygen atoms in total. The van der Waals surface area contributed by atoms with Crippen LogP contribution in [0.1, 0.15) is 39.9 Å². The van der Waals surface area contributed by atoms with Gasteiger partial charge in [0.05, 0.1) is 14.2 Å². The normalized spacial score (nSPS) is 19.1. The Morgan fingerprint density at radius 2 is 1.90 bits per heavy atom. The summed E-state index contributed by atoms with van der Waals surface area (Å²) < 4.78 is 10.8. The van der Waals surface area contributed by atoms with Gasteiger partial charge in [-0.15, -0.1) is 0 Å². The average Bonchev–Trinajstić information content (AvgIpc) is 3.06. The van der Waals surface area contributed by atoms with Crippen molar-refractivity contribution in [2.45, 2.75) is 32.7 Å². The van der Waals surface area contributed by atoms with Crippen LogP contribution in [0.25, 0.3) is 0 Å². The summed E-state index contributed by atoms with van der Waals surface area (Å²) in [6, 6.07) is 12.6. The van der Waals surface area contributed by atoms with Crippen molar-refractivity contribution in [3.05, 3.63) is 58.7 Å². The van der Waals surface area contributed by atoms with Gasteiger partial charge in [0.15, 0.2) is 11.5 Å². The fourth-order valence-corrected chi connectivity index (χ4v) is 4.82. The Kier molecular flexibility index (Phi) is 6.28. The third kappa shape index (κ3) is 4.46. The van der Waals surface area contributed by atoms with Crippen LogP contribution in [-0.4, -0.2) is 56.1 Å². The van der Waals surface area contributed by atoms with Gasteiger partial charge in [-0.25, -0.2) is 0 Å². The molecule has 0 aliphatic carbocycles. The van der Waals surface area contributed by atoms with E-state index in [9.17, 15) is 4.79 Å². The number of nitrogens with zero attached hydrogens (tertiary/aromatic N) is 2. The summed E-state index contributed by atoms with van der Waals surface area (Å²) in [7, 11) is 3.24. The zero-order valence-electron chi connectivity index (χ0n) is 18.3. The number of carbonyl (C=O) groups excluding carboxylic acids is 1. The van der Waals surface area contributed by atoms with Crippen LogP contribution < -0.4 is 9.47 Å². The Balaban J connectivity index is 1.35. The van der Waals surface area contributed by atoms with Crippen molar-refractivity contribution in [2.75, 3.05) is 40.4 Å². The monoisotopic (exact) mass is 408 g/mol. The highest BCUT2D eigenvalue weighted by molar-refractivity contribution is 5.99. The van der Waals surface area contributed by atoms with E-state index in [2.05, 4.69) is 36.1 Å². The molecule has 0 spiro atoms. The standard InChI is InChI=1S/C25H32N2O3/c1-18-6-4-7-19(12-18)9-11-26-10-5-8-20(15-26)16-27-17-21-13-23(29-2)24(30-3)14-22(21)25(27)28/h4,6-7,12-14,20H,5,8-11,15-17H2,1-3H3. The van der Waals surface area contributed by atoms with E-state index in [1.165, 1.54) is 24.0 Å². The molecular weight excluding hydrogens is 376 g/mol. The highest BCUT2D eigenvalue weighted by Crippen LogP contribution is 2.35. The number of aryl methyl sites for hydroxylation is 1. The zero-order chi connectivity index (χ0) is 21.1. The van der Waals surface area contributed by atoms with Crippen LogP contribution in [0.3, 0.4) is 0 Å². The van der Waals surface area contributed by atoms with Crippen molar-refractivity contribution in [3.8, 4) is 11.5 Å². The highest BCUT2D eigenvalue weighted by atomic mass is 16.5. The van der Waals surface area contributed by atoms with Crippen LogP contribution in [0, 0.1) is 12.8 Å². The van der Waals surface area contributed by atoms with Gasteiger partial charge in [-0.3, -0.25) is 4.79 Å². The van der Waals surface area contributed by atoms with Gasteiger partial charge in [-0.2, -0.15) is 0 Å².